The predicted molar refractivity (Wildman–Crippen MR) is 74.1 cm³/mol. The quantitative estimate of drug-likeness (QED) is 0.874. The van der Waals surface area contributed by atoms with Crippen LogP contribution in [0.25, 0.3) is 0 Å². The topological polar surface area (TPSA) is 69.6 Å². The molecule has 0 unspecified atom stereocenters. The summed E-state index contributed by atoms with van der Waals surface area (Å²) in [6.07, 6.45) is 0.741. The number of carboxylic acids is 1. The number of carbonyl (C=O) groups is 2. The molecule has 6 heteroatoms. The maximum atomic E-state index is 11.9. The lowest BCUT2D eigenvalue weighted by molar-refractivity contribution is -0.140. The van der Waals surface area contributed by atoms with Crippen LogP contribution in [0.4, 0.5) is 4.79 Å². The Morgan fingerprint density at radius 2 is 2.11 bits per heavy atom. The predicted octanol–water partition coefficient (Wildman–Crippen LogP) is 1.40. The fraction of sp³-hybridized carbons (Fsp3) is 0.385. The number of urea groups is 1. The summed E-state index contributed by atoms with van der Waals surface area (Å²) in [7, 11) is 0. The van der Waals surface area contributed by atoms with Crippen molar-refractivity contribution in [1.82, 2.24) is 10.2 Å². The number of thioether (sulfide) groups is 1. The number of nitrogens with zero attached hydrogens (tertiary/aromatic N) is 1. The summed E-state index contributed by atoms with van der Waals surface area (Å²) in [5, 5.41) is 11.8. The fourth-order valence-corrected chi connectivity index (χ4v) is 3.05. The number of amides is 2. The first-order valence-electron chi connectivity index (χ1n) is 6.07. The van der Waals surface area contributed by atoms with E-state index in [0.717, 1.165) is 12.0 Å². The second kappa shape index (κ2) is 6.47. The second-order valence-electron chi connectivity index (χ2n) is 4.29. The summed E-state index contributed by atoms with van der Waals surface area (Å²) in [5.74, 6) is -0.0431. The maximum Gasteiger partial charge on any atom is 0.327 e. The lowest BCUT2D eigenvalue weighted by Gasteiger charge is -2.20. The van der Waals surface area contributed by atoms with Gasteiger partial charge < -0.3 is 15.3 Å². The molecule has 0 spiro atoms. The van der Waals surface area contributed by atoms with Crippen molar-refractivity contribution < 1.29 is 14.7 Å². The number of carbonyl (C=O) groups excluding carboxylic acids is 1. The first-order valence-corrected chi connectivity index (χ1v) is 7.23. The highest BCUT2D eigenvalue weighted by Gasteiger charge is 2.34. The van der Waals surface area contributed by atoms with E-state index in [2.05, 4.69) is 5.32 Å². The molecule has 0 aliphatic carbocycles. The molecule has 1 aliphatic rings. The zero-order chi connectivity index (χ0) is 13.7. The van der Waals surface area contributed by atoms with Crippen molar-refractivity contribution in [3.63, 3.8) is 0 Å². The van der Waals surface area contributed by atoms with Crippen LogP contribution in [0.1, 0.15) is 5.56 Å². The SMILES string of the molecule is O=C(O)[C@@H]1CSCN1C(=O)NCCc1ccccc1. The standard InChI is InChI=1S/C13H16N2O3S/c16-12(17)11-8-19-9-15(11)13(18)14-7-6-10-4-2-1-3-5-10/h1-5,11H,6-9H2,(H,14,18)(H,16,17)/t11-/m0/s1. The van der Waals surface area contributed by atoms with E-state index in [1.807, 2.05) is 30.3 Å². The van der Waals surface area contributed by atoms with Gasteiger partial charge in [-0.25, -0.2) is 9.59 Å². The third kappa shape index (κ3) is 3.64. The third-order valence-electron chi connectivity index (χ3n) is 2.96. The first-order chi connectivity index (χ1) is 9.18. The van der Waals surface area contributed by atoms with E-state index in [-0.39, 0.29) is 6.03 Å². The summed E-state index contributed by atoms with van der Waals surface area (Å²) in [5.41, 5.74) is 1.15. The third-order valence-corrected chi connectivity index (χ3v) is 3.97. The van der Waals surface area contributed by atoms with E-state index in [9.17, 15) is 9.59 Å². The highest BCUT2D eigenvalue weighted by atomic mass is 32.2. The van der Waals surface area contributed by atoms with Gasteiger partial charge in [0.2, 0.25) is 0 Å². The molecule has 1 aromatic carbocycles. The Morgan fingerprint density at radius 3 is 2.79 bits per heavy atom. The van der Waals surface area contributed by atoms with E-state index in [1.54, 1.807) is 0 Å². The number of aliphatic carboxylic acids is 1. The van der Waals surface area contributed by atoms with Crippen LogP contribution in [0.2, 0.25) is 0 Å². The van der Waals surface area contributed by atoms with Gasteiger partial charge in [-0.05, 0) is 12.0 Å². The zero-order valence-electron chi connectivity index (χ0n) is 10.4. The molecule has 0 radical (unpaired) electrons. The highest BCUT2D eigenvalue weighted by molar-refractivity contribution is 7.99. The Labute approximate surface area is 116 Å². The van der Waals surface area contributed by atoms with Crippen LogP contribution in [0.5, 0.6) is 0 Å². The van der Waals surface area contributed by atoms with Gasteiger partial charge >= 0.3 is 12.0 Å². The summed E-state index contributed by atoms with van der Waals surface area (Å²) >= 11 is 1.46. The van der Waals surface area contributed by atoms with E-state index >= 15 is 0 Å². The Morgan fingerprint density at radius 1 is 1.37 bits per heavy atom. The normalized spacial score (nSPS) is 18.3. The van der Waals surface area contributed by atoms with Gasteiger partial charge in [-0.1, -0.05) is 30.3 Å². The lowest BCUT2D eigenvalue weighted by atomic mass is 10.1. The minimum absolute atomic E-state index is 0.298. The molecule has 2 rings (SSSR count). The number of rotatable bonds is 4. The van der Waals surface area contributed by atoms with Crippen molar-refractivity contribution in [2.24, 2.45) is 0 Å². The molecule has 0 bridgehead atoms. The Kier molecular flexibility index (Phi) is 4.68. The van der Waals surface area contributed by atoms with Gasteiger partial charge in [0.25, 0.3) is 0 Å². The molecule has 1 heterocycles. The summed E-state index contributed by atoms with van der Waals surface area (Å²) in [6.45, 7) is 0.510. The lowest BCUT2D eigenvalue weighted by Crippen LogP contribution is -2.47. The van der Waals surface area contributed by atoms with E-state index < -0.39 is 12.0 Å². The molecule has 1 aromatic rings. The molecule has 0 saturated carbocycles. The van der Waals surface area contributed by atoms with Crippen molar-refractivity contribution in [2.75, 3.05) is 18.2 Å². The molecule has 19 heavy (non-hydrogen) atoms. The van der Waals surface area contributed by atoms with Crippen molar-refractivity contribution in [1.29, 1.82) is 0 Å². The highest BCUT2D eigenvalue weighted by Crippen LogP contribution is 2.20. The number of nitrogens with one attached hydrogen (secondary N) is 1. The Hall–Kier alpha value is -1.69. The van der Waals surface area contributed by atoms with E-state index in [1.165, 1.54) is 16.7 Å². The summed E-state index contributed by atoms with van der Waals surface area (Å²) < 4.78 is 0. The average Bonchev–Trinajstić information content (AvgIpc) is 2.89. The molecule has 102 valence electrons. The van der Waals surface area contributed by atoms with Crippen LogP contribution in [-0.2, 0) is 11.2 Å². The largest absolute Gasteiger partial charge is 0.480 e. The number of carboxylic acid groups (broad SMARTS) is 1. The van der Waals surface area contributed by atoms with Gasteiger partial charge in [-0.15, -0.1) is 11.8 Å². The maximum absolute atomic E-state index is 11.9. The van der Waals surface area contributed by atoms with Crippen LogP contribution in [0.15, 0.2) is 30.3 Å². The molecule has 1 saturated heterocycles. The van der Waals surface area contributed by atoms with Crippen molar-refractivity contribution in [2.45, 2.75) is 12.5 Å². The molecule has 1 atom stereocenters. The number of hydrogen-bond acceptors (Lipinski definition) is 3. The van der Waals surface area contributed by atoms with Gasteiger partial charge in [-0.2, -0.15) is 0 Å². The smallest absolute Gasteiger partial charge is 0.327 e. The van der Waals surface area contributed by atoms with E-state index in [4.69, 9.17) is 5.11 Å². The van der Waals surface area contributed by atoms with Crippen LogP contribution in [-0.4, -0.2) is 46.2 Å². The van der Waals surface area contributed by atoms with Gasteiger partial charge in [0.05, 0.1) is 5.88 Å². The molecule has 0 aromatic heterocycles. The van der Waals surface area contributed by atoms with E-state index in [0.29, 0.717) is 18.2 Å². The molecule has 1 aliphatic heterocycles. The molecule has 2 N–H and O–H groups in total. The molecular formula is C13H16N2O3S. The van der Waals surface area contributed by atoms with Gasteiger partial charge in [0.1, 0.15) is 6.04 Å². The van der Waals surface area contributed by atoms with Gasteiger partial charge in [-0.3, -0.25) is 0 Å². The first kappa shape index (κ1) is 13.7. The Bertz CT molecular complexity index is 452. The van der Waals surface area contributed by atoms with Crippen LogP contribution < -0.4 is 5.32 Å². The molecule has 5 nitrogen and oxygen atoms in total. The van der Waals surface area contributed by atoms with Crippen LogP contribution in [0.3, 0.4) is 0 Å². The average molecular weight is 280 g/mol. The van der Waals surface area contributed by atoms with Crippen LogP contribution in [0, 0.1) is 0 Å². The Balaban J connectivity index is 1.80. The van der Waals surface area contributed by atoms with Gasteiger partial charge in [0, 0.05) is 12.3 Å². The molecular weight excluding hydrogens is 264 g/mol. The van der Waals surface area contributed by atoms with Crippen LogP contribution >= 0.6 is 11.8 Å². The summed E-state index contributed by atoms with van der Waals surface area (Å²) in [6, 6.07) is 8.84. The van der Waals surface area contributed by atoms with Gasteiger partial charge in [0.15, 0.2) is 0 Å². The van der Waals surface area contributed by atoms with Crippen molar-refractivity contribution in [3.8, 4) is 0 Å². The minimum Gasteiger partial charge on any atom is -0.480 e. The van der Waals surface area contributed by atoms with Crippen molar-refractivity contribution >= 4 is 23.8 Å². The molecule has 1 fully saturated rings. The fourth-order valence-electron chi connectivity index (χ4n) is 1.91. The van der Waals surface area contributed by atoms with Crippen molar-refractivity contribution in [3.05, 3.63) is 35.9 Å². The minimum atomic E-state index is -0.941. The number of benzene rings is 1. The molecule has 2 amide bonds. The zero-order valence-corrected chi connectivity index (χ0v) is 11.2. The second-order valence-corrected chi connectivity index (χ2v) is 5.29. The summed E-state index contributed by atoms with van der Waals surface area (Å²) in [4.78, 5) is 24.2. The number of hydrogen-bond donors (Lipinski definition) is 2. The monoisotopic (exact) mass is 280 g/mol.